The molecule has 7 heteroatoms. The van der Waals surface area contributed by atoms with Gasteiger partial charge in [0.15, 0.2) is 0 Å². The monoisotopic (exact) mass is 472 g/mol. The maximum absolute atomic E-state index is 12.7. The summed E-state index contributed by atoms with van der Waals surface area (Å²) >= 11 is 1.82. The van der Waals surface area contributed by atoms with E-state index in [1.54, 1.807) is 10.8 Å². The molecule has 2 aromatic carbocycles. The number of para-hydroxylation sites is 1. The highest BCUT2D eigenvalue weighted by atomic mass is 32.2. The van der Waals surface area contributed by atoms with Crippen LogP contribution >= 0.6 is 11.8 Å². The zero-order chi connectivity index (χ0) is 23.8. The molecule has 1 saturated heterocycles. The second-order valence-corrected chi connectivity index (χ2v) is 9.27. The van der Waals surface area contributed by atoms with Gasteiger partial charge in [-0.05, 0) is 55.4 Å². The molecule has 4 rings (SSSR count). The highest BCUT2D eigenvalue weighted by Gasteiger charge is 2.19. The molecule has 174 valence electrons. The fourth-order valence-electron chi connectivity index (χ4n) is 3.77. The van der Waals surface area contributed by atoms with Crippen molar-refractivity contribution in [3.8, 4) is 23.0 Å². The van der Waals surface area contributed by atoms with Crippen molar-refractivity contribution in [2.45, 2.75) is 37.2 Å². The quantitative estimate of drug-likeness (QED) is 0.262. The van der Waals surface area contributed by atoms with Crippen molar-refractivity contribution in [2.75, 3.05) is 18.9 Å². The molecule has 3 aromatic rings. The van der Waals surface area contributed by atoms with Crippen LogP contribution < -0.4 is 5.32 Å². The number of benzene rings is 2. The fraction of sp³-hybridized carbons (Fsp3) is 0.296. The summed E-state index contributed by atoms with van der Waals surface area (Å²) in [6, 6.07) is 20.1. The minimum Gasteiger partial charge on any atom is -0.376 e. The van der Waals surface area contributed by atoms with Gasteiger partial charge in [-0.25, -0.2) is 4.68 Å². The van der Waals surface area contributed by atoms with Crippen LogP contribution in [0.3, 0.4) is 0 Å². The molecule has 1 fully saturated rings. The molecule has 0 unspecified atom stereocenters. The molecule has 0 aliphatic carbocycles. The lowest BCUT2D eigenvalue weighted by Gasteiger charge is -2.10. The Labute approximate surface area is 204 Å². The van der Waals surface area contributed by atoms with Gasteiger partial charge in [0.25, 0.3) is 5.91 Å². The zero-order valence-corrected chi connectivity index (χ0v) is 20.1. The summed E-state index contributed by atoms with van der Waals surface area (Å²) in [4.78, 5) is 13.9. The summed E-state index contributed by atoms with van der Waals surface area (Å²) in [5, 5.41) is 17.4. The number of carbonyl (C=O) groups excluding carboxylic acids is 1. The summed E-state index contributed by atoms with van der Waals surface area (Å²) in [7, 11) is 0. The summed E-state index contributed by atoms with van der Waals surface area (Å²) in [6.07, 6.45) is 6.53. The van der Waals surface area contributed by atoms with Crippen LogP contribution in [0.1, 0.15) is 31.7 Å². The number of carbonyl (C=O) groups is 1. The van der Waals surface area contributed by atoms with Crippen molar-refractivity contribution < 1.29 is 9.53 Å². The lowest BCUT2D eigenvalue weighted by atomic mass is 10.1. The first kappa shape index (κ1) is 23.8. The lowest BCUT2D eigenvalue weighted by Crippen LogP contribution is -2.32. The Kier molecular flexibility index (Phi) is 8.18. The maximum atomic E-state index is 12.7. The molecule has 1 aromatic heterocycles. The van der Waals surface area contributed by atoms with Gasteiger partial charge < -0.3 is 10.1 Å². The van der Waals surface area contributed by atoms with Crippen LogP contribution in [-0.2, 0) is 9.53 Å². The molecule has 1 amide bonds. The molecule has 0 bridgehead atoms. The minimum absolute atomic E-state index is 0.0179. The smallest absolute Gasteiger partial charge is 0.262 e. The number of nitrogens with zero attached hydrogens (tertiary/aromatic N) is 3. The Bertz CT molecular complexity index is 1170. The summed E-state index contributed by atoms with van der Waals surface area (Å²) in [6.45, 7) is 3.30. The second-order valence-electron chi connectivity index (χ2n) is 8.10. The van der Waals surface area contributed by atoms with Gasteiger partial charge in [0.1, 0.15) is 11.6 Å². The summed E-state index contributed by atoms with van der Waals surface area (Å²) < 4.78 is 7.34. The first-order chi connectivity index (χ1) is 16.7. The van der Waals surface area contributed by atoms with Gasteiger partial charge in [-0.3, -0.25) is 4.79 Å². The zero-order valence-electron chi connectivity index (χ0n) is 19.2. The van der Waals surface area contributed by atoms with Crippen LogP contribution in [0.4, 0.5) is 0 Å². The minimum atomic E-state index is -0.400. The van der Waals surface area contributed by atoms with E-state index in [4.69, 9.17) is 9.84 Å². The average Bonchev–Trinajstić information content (AvgIpc) is 3.56. The number of hydrogen-bond donors (Lipinski definition) is 1. The largest absolute Gasteiger partial charge is 0.376 e. The third-order valence-corrected chi connectivity index (χ3v) is 6.76. The molecular weight excluding hydrogens is 444 g/mol. The van der Waals surface area contributed by atoms with Crippen molar-refractivity contribution in [1.29, 1.82) is 5.26 Å². The number of ether oxygens (including phenoxy) is 1. The molecule has 34 heavy (non-hydrogen) atoms. The molecule has 0 spiro atoms. The Morgan fingerprint density at radius 1 is 1.26 bits per heavy atom. The SMILES string of the molecule is CCCSc1ccc(-c2nn(-c3ccccc3)cc2/C=C(/C#N)C(=O)NC[C@H]2CCCO2)cc1. The Hall–Kier alpha value is -3.34. The number of aromatic nitrogens is 2. The van der Waals surface area contributed by atoms with Crippen LogP contribution in [0.5, 0.6) is 0 Å². The number of nitrogens with one attached hydrogen (secondary N) is 1. The van der Waals surface area contributed by atoms with E-state index in [1.165, 1.54) is 4.90 Å². The van der Waals surface area contributed by atoms with Gasteiger partial charge in [-0.1, -0.05) is 37.3 Å². The van der Waals surface area contributed by atoms with E-state index in [9.17, 15) is 10.1 Å². The maximum Gasteiger partial charge on any atom is 0.262 e. The van der Waals surface area contributed by atoms with Gasteiger partial charge in [0.2, 0.25) is 0 Å². The predicted molar refractivity (Wildman–Crippen MR) is 136 cm³/mol. The highest BCUT2D eigenvalue weighted by Crippen LogP contribution is 2.28. The molecule has 0 radical (unpaired) electrons. The predicted octanol–water partition coefficient (Wildman–Crippen LogP) is 5.24. The molecule has 2 heterocycles. The van der Waals surface area contributed by atoms with E-state index in [0.29, 0.717) is 12.1 Å². The van der Waals surface area contributed by atoms with E-state index in [-0.39, 0.29) is 11.7 Å². The molecule has 6 nitrogen and oxygen atoms in total. The lowest BCUT2D eigenvalue weighted by molar-refractivity contribution is -0.117. The number of rotatable bonds is 9. The summed E-state index contributed by atoms with van der Waals surface area (Å²) in [5.41, 5.74) is 3.30. The normalized spacial score (nSPS) is 15.8. The van der Waals surface area contributed by atoms with E-state index in [2.05, 4.69) is 30.4 Å². The van der Waals surface area contributed by atoms with E-state index < -0.39 is 5.91 Å². The van der Waals surface area contributed by atoms with Crippen molar-refractivity contribution >= 4 is 23.7 Å². The molecule has 1 atom stereocenters. The van der Waals surface area contributed by atoms with Crippen molar-refractivity contribution in [1.82, 2.24) is 15.1 Å². The van der Waals surface area contributed by atoms with E-state index in [1.807, 2.05) is 60.4 Å². The average molecular weight is 473 g/mol. The van der Waals surface area contributed by atoms with Crippen molar-refractivity contribution in [3.63, 3.8) is 0 Å². The first-order valence-corrected chi connectivity index (χ1v) is 12.6. The molecular formula is C27H28N4O2S. The van der Waals surface area contributed by atoms with Gasteiger partial charge in [0.05, 0.1) is 17.5 Å². The van der Waals surface area contributed by atoms with Gasteiger partial charge in [-0.2, -0.15) is 10.4 Å². The topological polar surface area (TPSA) is 79.9 Å². The first-order valence-electron chi connectivity index (χ1n) is 11.6. The van der Waals surface area contributed by atoms with Crippen LogP contribution in [0, 0.1) is 11.3 Å². The van der Waals surface area contributed by atoms with Gasteiger partial charge >= 0.3 is 0 Å². The van der Waals surface area contributed by atoms with Crippen LogP contribution in [0.25, 0.3) is 23.0 Å². The van der Waals surface area contributed by atoms with Gasteiger partial charge in [0, 0.05) is 35.4 Å². The third-order valence-electron chi connectivity index (χ3n) is 5.54. The van der Waals surface area contributed by atoms with Crippen LogP contribution in [0.2, 0.25) is 0 Å². The highest BCUT2D eigenvalue weighted by molar-refractivity contribution is 7.99. The molecule has 0 saturated carbocycles. The Morgan fingerprint density at radius 3 is 2.74 bits per heavy atom. The second kappa shape index (κ2) is 11.7. The Morgan fingerprint density at radius 2 is 2.06 bits per heavy atom. The molecule has 1 N–H and O–H groups in total. The van der Waals surface area contributed by atoms with Crippen LogP contribution in [-0.4, -0.2) is 40.7 Å². The standard InChI is InChI=1S/C27H28N4O2S/c1-2-15-34-25-12-10-20(11-13-25)26-22(19-31(30-26)23-7-4-3-5-8-23)16-21(17-28)27(32)29-18-24-9-6-14-33-24/h3-5,7-8,10-13,16,19,24H,2,6,9,14-15,18H2,1H3,(H,29,32)/b21-16-/t24-/m1/s1. The van der Waals surface area contributed by atoms with Gasteiger partial charge in [-0.15, -0.1) is 11.8 Å². The number of amides is 1. The number of nitriles is 1. The summed E-state index contributed by atoms with van der Waals surface area (Å²) in [5.74, 6) is 0.672. The number of hydrogen-bond acceptors (Lipinski definition) is 5. The molecule has 1 aliphatic heterocycles. The van der Waals surface area contributed by atoms with E-state index >= 15 is 0 Å². The third kappa shape index (κ3) is 5.96. The Balaban J connectivity index is 1.64. The molecule has 1 aliphatic rings. The van der Waals surface area contributed by atoms with E-state index in [0.717, 1.165) is 48.6 Å². The fourth-order valence-corrected chi connectivity index (χ4v) is 4.54. The number of thioether (sulfide) groups is 1. The van der Waals surface area contributed by atoms with Crippen LogP contribution in [0.15, 0.2) is 71.3 Å². The van der Waals surface area contributed by atoms with Crippen molar-refractivity contribution in [3.05, 3.63) is 71.9 Å². The van der Waals surface area contributed by atoms with Crippen molar-refractivity contribution in [2.24, 2.45) is 0 Å².